The summed E-state index contributed by atoms with van der Waals surface area (Å²) in [6.45, 7) is 2.07. The summed E-state index contributed by atoms with van der Waals surface area (Å²) in [4.78, 5) is 23.3. The molecule has 258 valence electrons. The van der Waals surface area contributed by atoms with Gasteiger partial charge in [-0.15, -0.1) is 0 Å². The van der Waals surface area contributed by atoms with Crippen molar-refractivity contribution in [1.29, 1.82) is 0 Å². The molecule has 7 nitrogen and oxygen atoms in total. The summed E-state index contributed by atoms with van der Waals surface area (Å²) >= 11 is 0. The Morgan fingerprint density at radius 1 is 0.622 bits per heavy atom. The summed E-state index contributed by atoms with van der Waals surface area (Å²) < 4.78 is 240. The third-order valence-electron chi connectivity index (χ3n) is 5.00. The van der Waals surface area contributed by atoms with E-state index in [9.17, 15) is 84.2 Å². The van der Waals surface area contributed by atoms with Gasteiger partial charge in [-0.25, -0.2) is 9.59 Å². The molecule has 0 aliphatic carbocycles. The number of allylic oxidation sites excluding steroid dienone is 1. The first kappa shape index (κ1) is 39.1. The number of nitrogens with one attached hydrogen (secondary N) is 2. The molecular weight excluding hydrogens is 683 g/mol. The molecule has 45 heavy (non-hydrogen) atoms. The van der Waals surface area contributed by atoms with E-state index in [1.165, 1.54) is 13.8 Å². The highest BCUT2D eigenvalue weighted by atomic mass is 19.4. The fourth-order valence-corrected chi connectivity index (χ4v) is 2.73. The van der Waals surface area contributed by atoms with E-state index in [1.54, 1.807) is 0 Å². The van der Waals surface area contributed by atoms with Gasteiger partial charge in [0.05, 0.1) is 24.6 Å². The van der Waals surface area contributed by atoms with Gasteiger partial charge in [-0.2, -0.15) is 74.6 Å². The van der Waals surface area contributed by atoms with Gasteiger partial charge in [0.2, 0.25) is 5.83 Å². The van der Waals surface area contributed by atoms with Gasteiger partial charge in [0.1, 0.15) is 5.75 Å². The van der Waals surface area contributed by atoms with Crippen molar-refractivity contribution in [3.05, 3.63) is 30.0 Å². The van der Waals surface area contributed by atoms with Crippen LogP contribution in [0.25, 0.3) is 0 Å². The second-order valence-corrected chi connectivity index (χ2v) is 8.03. The van der Waals surface area contributed by atoms with Crippen LogP contribution in [0.1, 0.15) is 13.8 Å². The zero-order valence-corrected chi connectivity index (χ0v) is 21.6. The van der Waals surface area contributed by atoms with Gasteiger partial charge >= 0.3 is 59.9 Å². The number of anilines is 2. The van der Waals surface area contributed by atoms with Gasteiger partial charge in [-0.05, 0) is 26.0 Å². The van der Waals surface area contributed by atoms with E-state index in [2.05, 4.69) is 14.2 Å². The summed E-state index contributed by atoms with van der Waals surface area (Å²) in [5.41, 5.74) is -1.25. The molecule has 0 atom stereocenters. The average Bonchev–Trinajstić information content (AvgIpc) is 2.88. The fourth-order valence-electron chi connectivity index (χ4n) is 2.73. The summed E-state index contributed by atoms with van der Waals surface area (Å²) in [7, 11) is 0. The molecule has 0 saturated carbocycles. The van der Waals surface area contributed by atoms with E-state index in [-0.39, 0.29) is 19.3 Å². The molecule has 0 unspecified atom stereocenters. The minimum absolute atomic E-state index is 0.227. The first-order chi connectivity index (χ1) is 20.1. The zero-order valence-electron chi connectivity index (χ0n) is 21.6. The largest absolute Gasteiger partial charge is 0.460 e. The number of carbonyl (C=O) groups excluding carboxylic acids is 2. The Kier molecular flexibility index (Phi) is 11.2. The number of carbonyl (C=O) groups is 2. The Labute approximate surface area is 238 Å². The zero-order chi connectivity index (χ0) is 35.6. The second kappa shape index (κ2) is 12.8. The van der Waals surface area contributed by atoms with Crippen molar-refractivity contribution in [2.45, 2.75) is 55.6 Å². The van der Waals surface area contributed by atoms with E-state index in [0.29, 0.717) is 12.1 Å². The van der Waals surface area contributed by atoms with E-state index in [4.69, 9.17) is 0 Å². The molecule has 0 bridgehead atoms. The van der Waals surface area contributed by atoms with Crippen LogP contribution in [0, 0.1) is 0 Å². The lowest BCUT2D eigenvalue weighted by Gasteiger charge is -2.41. The van der Waals surface area contributed by atoms with Crippen molar-refractivity contribution in [1.82, 2.24) is 0 Å². The smallest absolute Gasteiger partial charge is 0.450 e. The van der Waals surface area contributed by atoms with Crippen LogP contribution in [-0.4, -0.2) is 67.1 Å². The minimum Gasteiger partial charge on any atom is -0.450 e. The first-order valence-corrected chi connectivity index (χ1v) is 11.2. The van der Waals surface area contributed by atoms with Crippen LogP contribution < -0.4 is 15.4 Å². The second-order valence-electron chi connectivity index (χ2n) is 8.03. The summed E-state index contributed by atoms with van der Waals surface area (Å²) in [6, 6.07) is -2.48. The molecule has 0 fully saturated rings. The number of alkyl halides is 15. The van der Waals surface area contributed by atoms with Gasteiger partial charge in [0.25, 0.3) is 0 Å². The normalized spacial score (nSPS) is 14.4. The molecule has 0 aromatic heterocycles. The molecule has 0 saturated heterocycles. The number of rotatable bonds is 12. The molecule has 2 amide bonds. The number of ether oxygens (including phenoxy) is 3. The molecule has 0 spiro atoms. The maximum atomic E-state index is 14.1. The van der Waals surface area contributed by atoms with Crippen molar-refractivity contribution >= 4 is 23.6 Å². The Hall–Kier alpha value is -3.89. The number of hydrogen-bond acceptors (Lipinski definition) is 5. The molecule has 2 N–H and O–H groups in total. The van der Waals surface area contributed by atoms with Gasteiger partial charge in [-0.1, -0.05) is 0 Å². The standard InChI is InChI=1S/C21H15F17N2O5/c1-3-43-13(41)39-9-6-5-8(7-10(9)40-14(42)44-4-2)45-12(23)11(22)15(24,25)16(26,27)17(28,29)18(30,31)19(32,33)20(34,35)21(36,37)38/h5-7H,3-4H2,1-2H3,(H,39,41)(H,40,42). The first-order valence-electron chi connectivity index (χ1n) is 11.2. The average molecular weight is 698 g/mol. The summed E-state index contributed by atoms with van der Waals surface area (Å²) in [6.07, 6.45) is -10.4. The molecule has 1 aromatic rings. The van der Waals surface area contributed by atoms with Crippen LogP contribution in [0.5, 0.6) is 5.75 Å². The van der Waals surface area contributed by atoms with Gasteiger partial charge in [0, 0.05) is 6.07 Å². The Bertz CT molecular complexity index is 1280. The van der Waals surface area contributed by atoms with Crippen molar-refractivity contribution in [2.75, 3.05) is 23.8 Å². The van der Waals surface area contributed by atoms with E-state index in [0.717, 1.165) is 0 Å². The summed E-state index contributed by atoms with van der Waals surface area (Å²) in [5, 5.41) is 3.77. The fraction of sp³-hybridized carbons (Fsp3) is 0.524. The van der Waals surface area contributed by atoms with Crippen molar-refractivity contribution in [3.8, 4) is 5.75 Å². The lowest BCUT2D eigenvalue weighted by molar-refractivity contribution is -0.451. The van der Waals surface area contributed by atoms with Gasteiger partial charge < -0.3 is 14.2 Å². The van der Waals surface area contributed by atoms with Crippen LogP contribution >= 0.6 is 0 Å². The third kappa shape index (κ3) is 7.02. The maximum absolute atomic E-state index is 14.1. The molecule has 0 aliphatic rings. The van der Waals surface area contributed by atoms with E-state index in [1.807, 2.05) is 10.6 Å². The number of hydrogen-bond donors (Lipinski definition) is 2. The summed E-state index contributed by atoms with van der Waals surface area (Å²) in [5.74, 6) is -56.3. The lowest BCUT2D eigenvalue weighted by atomic mass is 9.91. The minimum atomic E-state index is -8.72. The molecule has 0 aliphatic heterocycles. The molecule has 1 aromatic carbocycles. The quantitative estimate of drug-likeness (QED) is 0.169. The Balaban J connectivity index is 3.61. The Morgan fingerprint density at radius 2 is 1.02 bits per heavy atom. The predicted octanol–water partition coefficient (Wildman–Crippen LogP) is 8.68. The molecule has 24 heteroatoms. The van der Waals surface area contributed by atoms with Crippen LogP contribution in [0.3, 0.4) is 0 Å². The number of amides is 2. The predicted molar refractivity (Wildman–Crippen MR) is 113 cm³/mol. The third-order valence-corrected chi connectivity index (χ3v) is 5.00. The number of benzene rings is 1. The topological polar surface area (TPSA) is 85.9 Å². The number of halogens is 17. The Morgan fingerprint density at radius 3 is 1.44 bits per heavy atom. The SMILES string of the molecule is CCOC(=O)Nc1ccc(OC(F)=C(F)C(F)(F)C(F)(F)C(F)(F)C(F)(F)C(F)(F)C(F)(F)C(F)(F)F)cc1NC(=O)OCC. The van der Waals surface area contributed by atoms with Crippen molar-refractivity contribution < 1.29 is 98.4 Å². The lowest BCUT2D eigenvalue weighted by Crippen LogP contribution is -2.72. The highest BCUT2D eigenvalue weighted by Crippen LogP contribution is 2.63. The molecular formula is C21H15F17N2O5. The monoisotopic (exact) mass is 698 g/mol. The molecule has 0 heterocycles. The van der Waals surface area contributed by atoms with Gasteiger partial charge in [-0.3, -0.25) is 10.6 Å². The van der Waals surface area contributed by atoms with E-state index >= 15 is 0 Å². The highest BCUT2D eigenvalue weighted by molar-refractivity contribution is 5.95. The maximum Gasteiger partial charge on any atom is 0.460 e. The molecule has 0 radical (unpaired) electrons. The molecule has 1 rings (SSSR count). The van der Waals surface area contributed by atoms with Crippen LogP contribution in [0.2, 0.25) is 0 Å². The van der Waals surface area contributed by atoms with Crippen LogP contribution in [0.4, 0.5) is 95.6 Å². The van der Waals surface area contributed by atoms with Gasteiger partial charge in [0.15, 0.2) is 0 Å². The van der Waals surface area contributed by atoms with Crippen molar-refractivity contribution in [3.63, 3.8) is 0 Å². The van der Waals surface area contributed by atoms with Crippen molar-refractivity contribution in [2.24, 2.45) is 0 Å². The van der Waals surface area contributed by atoms with Crippen LogP contribution in [-0.2, 0) is 9.47 Å². The highest BCUT2D eigenvalue weighted by Gasteiger charge is 2.93. The van der Waals surface area contributed by atoms with Crippen LogP contribution in [0.15, 0.2) is 30.0 Å². The van der Waals surface area contributed by atoms with E-state index < -0.39 is 82.9 Å².